The maximum atomic E-state index is 3.89. The van der Waals surface area contributed by atoms with Gasteiger partial charge in [0.2, 0.25) is 0 Å². The average molecular weight is 135 g/mol. The van der Waals surface area contributed by atoms with Crippen LogP contribution in [0.3, 0.4) is 0 Å². The smallest absolute Gasteiger partial charge is 0.0356 e. The second-order valence-corrected chi connectivity index (χ2v) is 0.757. The third kappa shape index (κ3) is 22.7. The highest BCUT2D eigenvalue weighted by Crippen LogP contribution is 1.57. The van der Waals surface area contributed by atoms with Gasteiger partial charge in [0.05, 0.1) is 0 Å². The lowest BCUT2D eigenvalue weighted by Gasteiger charge is -1.68. The van der Waals surface area contributed by atoms with Crippen LogP contribution < -0.4 is 0 Å². The van der Waals surface area contributed by atoms with Crippen LogP contribution in [-0.2, 0) is 11.8 Å². The van der Waals surface area contributed by atoms with Gasteiger partial charge in [0.25, 0.3) is 0 Å². The molecule has 0 aliphatic rings. The molecule has 0 aromatic heterocycles. The third-order valence-corrected chi connectivity index (χ3v) is 0.365. The molecule has 0 radical (unpaired) electrons. The van der Waals surface area contributed by atoms with Crippen molar-refractivity contribution in [3.05, 3.63) is 0 Å². The zero-order valence-corrected chi connectivity index (χ0v) is 6.46. The van der Waals surface area contributed by atoms with Gasteiger partial charge in [0, 0.05) is 6.54 Å². The number of nitrogens with zero attached hydrogens (tertiary/aromatic N) is 1. The molecule has 0 aliphatic heterocycles. The first kappa shape index (κ1) is 10.2. The lowest BCUT2D eigenvalue weighted by atomic mass is 10.8. The van der Waals surface area contributed by atoms with Gasteiger partial charge >= 0.3 is 0 Å². The van der Waals surface area contributed by atoms with Crippen LogP contribution in [0.25, 0.3) is 0 Å². The van der Waals surface area contributed by atoms with E-state index >= 15 is 0 Å². The largest absolute Gasteiger partial charge is 0.298 e. The Balaban J connectivity index is 0. The summed E-state index contributed by atoms with van der Waals surface area (Å²) in [7, 11) is 2.56. The molecule has 0 saturated carbocycles. The van der Waals surface area contributed by atoms with Crippen molar-refractivity contribution in [2.75, 3.05) is 6.54 Å². The molecule has 0 rings (SSSR count). The first-order valence-corrected chi connectivity index (χ1v) is 3.70. The van der Waals surface area contributed by atoms with Gasteiger partial charge in [-0.15, -0.1) is 0 Å². The Bertz CT molecular complexity index is 47.0. The highest BCUT2D eigenvalue weighted by molar-refractivity contribution is 7.88. The van der Waals surface area contributed by atoms with Gasteiger partial charge in [-0.05, 0) is 28.1 Å². The molecule has 42 valence electrons. The predicted octanol–water partition coefficient (Wildman–Crippen LogP) is 1.69. The Labute approximate surface area is 52.1 Å². The van der Waals surface area contributed by atoms with Crippen LogP contribution in [0.15, 0.2) is 4.99 Å². The minimum absolute atomic E-state index is 0.913. The summed E-state index contributed by atoms with van der Waals surface area (Å²) in [6.07, 6.45) is 1.81. The number of hydrogen-bond acceptors (Lipinski definition) is 2. The average Bonchev–Trinajstić information content (AvgIpc) is 1.75. The van der Waals surface area contributed by atoms with Crippen molar-refractivity contribution < 1.29 is 0 Å². The molecule has 0 spiro atoms. The Morgan fingerprint density at radius 2 is 2.14 bits per heavy atom. The fraction of sp³-hybridized carbons (Fsp3) is 0.750. The standard InChI is InChI=1S/C4H9N.HPS/c1-3-5-4-2;1-2/h3H,4H2,1-2H3;1H. The summed E-state index contributed by atoms with van der Waals surface area (Å²) in [6.45, 7) is 4.85. The Hall–Kier alpha value is 0.190. The maximum absolute atomic E-state index is 3.89. The number of aliphatic imine (C=N–C) groups is 1. The molecule has 0 fully saturated rings. The van der Waals surface area contributed by atoms with Gasteiger partial charge in [0.15, 0.2) is 0 Å². The van der Waals surface area contributed by atoms with Crippen LogP contribution in [0.4, 0.5) is 0 Å². The molecule has 0 saturated heterocycles. The van der Waals surface area contributed by atoms with Crippen LogP contribution in [0.2, 0.25) is 0 Å². The Kier molecular flexibility index (Phi) is 23.9. The topological polar surface area (TPSA) is 12.4 Å². The summed E-state index contributed by atoms with van der Waals surface area (Å²) in [6, 6.07) is 0. The van der Waals surface area contributed by atoms with Crippen LogP contribution in [0.5, 0.6) is 0 Å². The van der Waals surface area contributed by atoms with Crippen molar-refractivity contribution in [1.29, 1.82) is 0 Å². The number of hydrogen-bond donors (Lipinski definition) is 0. The van der Waals surface area contributed by atoms with E-state index in [-0.39, 0.29) is 0 Å². The van der Waals surface area contributed by atoms with Crippen molar-refractivity contribution >= 4 is 26.0 Å². The molecule has 0 aromatic carbocycles. The second-order valence-electron chi connectivity index (χ2n) is 0.757. The van der Waals surface area contributed by atoms with E-state index in [1.807, 2.05) is 13.8 Å². The predicted molar refractivity (Wildman–Crippen MR) is 40.4 cm³/mol. The summed E-state index contributed by atoms with van der Waals surface area (Å²) >= 11 is 3.89. The molecule has 0 amide bonds. The fourth-order valence-electron chi connectivity index (χ4n) is 0.183. The van der Waals surface area contributed by atoms with E-state index in [9.17, 15) is 0 Å². The third-order valence-electron chi connectivity index (χ3n) is 0.365. The molecular formula is C4H10NPS. The van der Waals surface area contributed by atoms with Crippen LogP contribution in [0, 0.1) is 0 Å². The van der Waals surface area contributed by atoms with Gasteiger partial charge < -0.3 is 0 Å². The summed E-state index contributed by atoms with van der Waals surface area (Å²) in [4.78, 5) is 3.85. The zero-order chi connectivity index (χ0) is 6.12. The highest BCUT2D eigenvalue weighted by atomic mass is 32.4. The Morgan fingerprint density at radius 1 is 1.71 bits per heavy atom. The molecule has 0 bridgehead atoms. The molecule has 1 nitrogen and oxygen atoms in total. The SMILES string of the molecule is CC=NCC.P=S. The van der Waals surface area contributed by atoms with Crippen molar-refractivity contribution in [2.24, 2.45) is 4.99 Å². The molecule has 0 N–H and O–H groups in total. The summed E-state index contributed by atoms with van der Waals surface area (Å²) in [5, 5.41) is 0. The van der Waals surface area contributed by atoms with Gasteiger partial charge in [-0.1, -0.05) is 11.8 Å². The van der Waals surface area contributed by atoms with E-state index in [1.54, 1.807) is 6.21 Å². The van der Waals surface area contributed by atoms with Crippen molar-refractivity contribution in [1.82, 2.24) is 0 Å². The van der Waals surface area contributed by atoms with Gasteiger partial charge in [0.1, 0.15) is 0 Å². The van der Waals surface area contributed by atoms with Crippen LogP contribution in [0.1, 0.15) is 13.8 Å². The maximum Gasteiger partial charge on any atom is 0.0356 e. The van der Waals surface area contributed by atoms with Gasteiger partial charge in [-0.3, -0.25) is 4.99 Å². The van der Waals surface area contributed by atoms with E-state index < -0.39 is 0 Å². The molecular weight excluding hydrogens is 125 g/mol. The van der Waals surface area contributed by atoms with Crippen molar-refractivity contribution in [2.45, 2.75) is 13.8 Å². The fourth-order valence-corrected chi connectivity index (χ4v) is 0.183. The highest BCUT2D eigenvalue weighted by Gasteiger charge is 1.51. The molecule has 0 unspecified atom stereocenters. The lowest BCUT2D eigenvalue weighted by molar-refractivity contribution is 1.14. The molecule has 0 atom stereocenters. The summed E-state index contributed by atoms with van der Waals surface area (Å²) in [5.74, 6) is 0. The minimum Gasteiger partial charge on any atom is -0.298 e. The van der Waals surface area contributed by atoms with E-state index in [4.69, 9.17) is 0 Å². The summed E-state index contributed by atoms with van der Waals surface area (Å²) in [5.41, 5.74) is 0. The quantitative estimate of drug-likeness (QED) is 0.393. The molecule has 0 aliphatic carbocycles. The first-order valence-electron chi connectivity index (χ1n) is 2.06. The van der Waals surface area contributed by atoms with Crippen LogP contribution in [-0.4, -0.2) is 12.8 Å². The monoisotopic (exact) mass is 135 g/mol. The Morgan fingerprint density at radius 3 is 2.14 bits per heavy atom. The van der Waals surface area contributed by atoms with Gasteiger partial charge in [-0.2, -0.15) is 0 Å². The second kappa shape index (κ2) is 16.4. The molecule has 0 aromatic rings. The lowest BCUT2D eigenvalue weighted by Crippen LogP contribution is -1.62. The molecule has 3 heteroatoms. The first-order chi connectivity index (χ1) is 3.41. The normalized spacial score (nSPS) is 7.71. The van der Waals surface area contributed by atoms with E-state index in [0.29, 0.717) is 0 Å². The zero-order valence-electron chi connectivity index (χ0n) is 4.64. The van der Waals surface area contributed by atoms with Crippen molar-refractivity contribution in [3.63, 3.8) is 0 Å². The van der Waals surface area contributed by atoms with E-state index in [0.717, 1.165) is 6.54 Å². The minimum atomic E-state index is 0.913. The number of rotatable bonds is 1. The molecule has 0 heterocycles. The van der Waals surface area contributed by atoms with Crippen LogP contribution >= 0.6 is 8.02 Å². The molecule has 7 heavy (non-hydrogen) atoms. The van der Waals surface area contributed by atoms with Crippen molar-refractivity contribution in [3.8, 4) is 0 Å². The van der Waals surface area contributed by atoms with E-state index in [2.05, 4.69) is 24.8 Å². The van der Waals surface area contributed by atoms with E-state index in [1.165, 1.54) is 0 Å². The summed E-state index contributed by atoms with van der Waals surface area (Å²) < 4.78 is 0. The van der Waals surface area contributed by atoms with Gasteiger partial charge in [-0.25, -0.2) is 0 Å².